The largest absolute Gasteiger partial charge is 0.487 e. The van der Waals surface area contributed by atoms with E-state index in [0.29, 0.717) is 11.3 Å². The minimum atomic E-state index is -2.86. The van der Waals surface area contributed by atoms with Crippen molar-refractivity contribution in [1.82, 2.24) is 0 Å². The minimum absolute atomic E-state index is 0.340. The van der Waals surface area contributed by atoms with Gasteiger partial charge in [0, 0.05) is 13.0 Å². The lowest BCUT2D eigenvalue weighted by Gasteiger charge is -2.16. The first-order valence-electron chi connectivity index (χ1n) is 5.34. The second kappa shape index (κ2) is 5.42. The maximum absolute atomic E-state index is 12.5. The number of nitrogens with two attached hydrogens (primary N) is 1. The molecule has 0 aliphatic carbocycles. The van der Waals surface area contributed by atoms with Gasteiger partial charge in [-0.1, -0.05) is 12.1 Å². The van der Waals surface area contributed by atoms with E-state index in [1.165, 1.54) is 12.1 Å². The van der Waals surface area contributed by atoms with Gasteiger partial charge in [0.05, 0.1) is 6.10 Å². The number of rotatable bonds is 5. The zero-order valence-electron chi connectivity index (χ0n) is 9.86. The smallest absolute Gasteiger partial charge is 0.278 e. The second-order valence-corrected chi connectivity index (χ2v) is 4.23. The molecule has 2 atom stereocenters. The van der Waals surface area contributed by atoms with Gasteiger partial charge in [0.1, 0.15) is 5.75 Å². The summed E-state index contributed by atoms with van der Waals surface area (Å²) >= 11 is 0. The summed E-state index contributed by atoms with van der Waals surface area (Å²) in [5.74, 6) is -2.52. The van der Waals surface area contributed by atoms with Crippen LogP contribution in [0.2, 0.25) is 0 Å². The summed E-state index contributed by atoms with van der Waals surface area (Å²) in [7, 11) is 0. The van der Waals surface area contributed by atoms with Crippen LogP contribution < -0.4 is 10.5 Å². The fraction of sp³-hybridized carbons (Fsp3) is 0.500. The molecular formula is C12H17F2NO2. The summed E-state index contributed by atoms with van der Waals surface area (Å²) in [5.41, 5.74) is 6.18. The van der Waals surface area contributed by atoms with Crippen molar-refractivity contribution in [2.45, 2.75) is 31.9 Å². The normalized spacial score (nSPS) is 15.4. The van der Waals surface area contributed by atoms with Crippen molar-refractivity contribution in [2.24, 2.45) is 5.73 Å². The third-order valence-electron chi connectivity index (χ3n) is 2.21. The molecule has 0 aliphatic heterocycles. The summed E-state index contributed by atoms with van der Waals surface area (Å²) in [6.45, 7) is 1.82. The average Bonchev–Trinajstić information content (AvgIpc) is 2.25. The second-order valence-electron chi connectivity index (χ2n) is 4.23. The van der Waals surface area contributed by atoms with Crippen molar-refractivity contribution in [1.29, 1.82) is 0 Å². The number of hydrogen-bond acceptors (Lipinski definition) is 3. The standard InChI is InChI=1S/C12H17F2NO2/c1-8(15)11(16)9-3-5-10(6-4-9)17-7-12(2,13)14/h3-6,8,11,16H,7,15H2,1-2H3. The highest BCUT2D eigenvalue weighted by molar-refractivity contribution is 5.29. The summed E-state index contributed by atoms with van der Waals surface area (Å²) in [6.07, 6.45) is -0.767. The van der Waals surface area contributed by atoms with Gasteiger partial charge in [-0.15, -0.1) is 0 Å². The van der Waals surface area contributed by atoms with Crippen molar-refractivity contribution in [3.8, 4) is 5.75 Å². The molecule has 0 saturated heterocycles. The molecule has 0 bridgehead atoms. The molecule has 96 valence electrons. The van der Waals surface area contributed by atoms with E-state index >= 15 is 0 Å². The first-order valence-corrected chi connectivity index (χ1v) is 5.34. The van der Waals surface area contributed by atoms with Crippen molar-refractivity contribution in [3.05, 3.63) is 29.8 Å². The summed E-state index contributed by atoms with van der Waals surface area (Å²) in [6, 6.07) is 5.90. The fourth-order valence-electron chi connectivity index (χ4n) is 1.27. The van der Waals surface area contributed by atoms with Gasteiger partial charge in [0.2, 0.25) is 0 Å². The average molecular weight is 245 g/mol. The molecule has 17 heavy (non-hydrogen) atoms. The van der Waals surface area contributed by atoms with Crippen LogP contribution in [0.25, 0.3) is 0 Å². The predicted octanol–water partition coefficient (Wildman–Crippen LogP) is 2.10. The van der Waals surface area contributed by atoms with Crippen LogP contribution in [0.5, 0.6) is 5.75 Å². The van der Waals surface area contributed by atoms with Gasteiger partial charge in [-0.2, -0.15) is 0 Å². The van der Waals surface area contributed by atoms with Gasteiger partial charge in [-0.05, 0) is 24.6 Å². The molecule has 0 aliphatic rings. The number of hydrogen-bond donors (Lipinski definition) is 2. The van der Waals surface area contributed by atoms with Gasteiger partial charge in [-0.3, -0.25) is 0 Å². The first kappa shape index (κ1) is 13.9. The summed E-state index contributed by atoms with van der Waals surface area (Å²) in [5, 5.41) is 9.66. The first-order chi connectivity index (χ1) is 7.79. The number of halogens is 2. The van der Waals surface area contributed by atoms with Crippen LogP contribution in [-0.4, -0.2) is 23.7 Å². The van der Waals surface area contributed by atoms with Crippen molar-refractivity contribution < 1.29 is 18.6 Å². The predicted molar refractivity (Wildman–Crippen MR) is 61.2 cm³/mol. The lowest BCUT2D eigenvalue weighted by atomic mass is 10.0. The molecule has 0 aromatic heterocycles. The van der Waals surface area contributed by atoms with Crippen LogP contribution in [-0.2, 0) is 0 Å². The number of alkyl halides is 2. The lowest BCUT2D eigenvalue weighted by molar-refractivity contribution is -0.0229. The SMILES string of the molecule is CC(N)C(O)c1ccc(OCC(C)(F)F)cc1. The Kier molecular flexibility index (Phi) is 4.42. The van der Waals surface area contributed by atoms with Crippen LogP contribution in [0.1, 0.15) is 25.5 Å². The van der Waals surface area contributed by atoms with Gasteiger partial charge < -0.3 is 15.6 Å². The molecule has 1 aromatic carbocycles. The van der Waals surface area contributed by atoms with E-state index in [1.54, 1.807) is 19.1 Å². The van der Waals surface area contributed by atoms with E-state index in [4.69, 9.17) is 10.5 Å². The van der Waals surface area contributed by atoms with Crippen molar-refractivity contribution >= 4 is 0 Å². The number of aliphatic hydroxyl groups excluding tert-OH is 1. The Balaban J connectivity index is 2.62. The Bertz CT molecular complexity index is 347. The van der Waals surface area contributed by atoms with Crippen LogP contribution >= 0.6 is 0 Å². The fourth-order valence-corrected chi connectivity index (χ4v) is 1.27. The van der Waals surface area contributed by atoms with Gasteiger partial charge in [-0.25, -0.2) is 8.78 Å². The van der Waals surface area contributed by atoms with Gasteiger partial charge in [0.15, 0.2) is 6.61 Å². The molecule has 0 amide bonds. The third-order valence-corrected chi connectivity index (χ3v) is 2.21. The highest BCUT2D eigenvalue weighted by atomic mass is 19.3. The lowest BCUT2D eigenvalue weighted by Crippen LogP contribution is -2.24. The molecule has 3 N–H and O–H groups in total. The molecule has 5 heteroatoms. The van der Waals surface area contributed by atoms with Crippen LogP contribution in [0.4, 0.5) is 8.78 Å². The van der Waals surface area contributed by atoms with E-state index in [1.807, 2.05) is 0 Å². The van der Waals surface area contributed by atoms with Crippen LogP contribution in [0.3, 0.4) is 0 Å². The third kappa shape index (κ3) is 4.66. The Morgan fingerprint density at radius 1 is 1.35 bits per heavy atom. The molecule has 3 nitrogen and oxygen atoms in total. The van der Waals surface area contributed by atoms with E-state index in [0.717, 1.165) is 6.92 Å². The van der Waals surface area contributed by atoms with Crippen molar-refractivity contribution in [2.75, 3.05) is 6.61 Å². The zero-order valence-corrected chi connectivity index (χ0v) is 9.86. The Morgan fingerprint density at radius 2 is 1.88 bits per heavy atom. The number of ether oxygens (including phenoxy) is 1. The Morgan fingerprint density at radius 3 is 2.29 bits per heavy atom. The molecule has 0 heterocycles. The van der Waals surface area contributed by atoms with Crippen LogP contribution in [0.15, 0.2) is 24.3 Å². The highest BCUT2D eigenvalue weighted by Crippen LogP contribution is 2.21. The Labute approximate surface area is 99.2 Å². The molecule has 1 rings (SSSR count). The van der Waals surface area contributed by atoms with E-state index < -0.39 is 18.6 Å². The summed E-state index contributed by atoms with van der Waals surface area (Å²) in [4.78, 5) is 0. The monoisotopic (exact) mass is 245 g/mol. The molecule has 1 aromatic rings. The minimum Gasteiger partial charge on any atom is -0.487 e. The molecule has 0 radical (unpaired) electrons. The quantitative estimate of drug-likeness (QED) is 0.835. The van der Waals surface area contributed by atoms with Crippen LogP contribution in [0, 0.1) is 0 Å². The molecular weight excluding hydrogens is 228 g/mol. The maximum Gasteiger partial charge on any atom is 0.278 e. The molecule has 0 fully saturated rings. The highest BCUT2D eigenvalue weighted by Gasteiger charge is 2.22. The van der Waals surface area contributed by atoms with Crippen molar-refractivity contribution in [3.63, 3.8) is 0 Å². The van der Waals surface area contributed by atoms with E-state index in [-0.39, 0.29) is 6.04 Å². The molecule has 0 spiro atoms. The molecule has 2 unspecified atom stereocenters. The maximum atomic E-state index is 12.5. The van der Waals surface area contributed by atoms with E-state index in [9.17, 15) is 13.9 Å². The van der Waals surface area contributed by atoms with Gasteiger partial charge in [0.25, 0.3) is 5.92 Å². The summed E-state index contributed by atoms with van der Waals surface area (Å²) < 4.78 is 30.0. The topological polar surface area (TPSA) is 55.5 Å². The van der Waals surface area contributed by atoms with E-state index in [2.05, 4.69) is 0 Å². The zero-order chi connectivity index (χ0) is 13.1. The number of benzene rings is 1. The Hall–Kier alpha value is -1.20. The number of aliphatic hydroxyl groups is 1. The molecule has 0 saturated carbocycles. The van der Waals surface area contributed by atoms with Gasteiger partial charge >= 0.3 is 0 Å².